The van der Waals surface area contributed by atoms with E-state index in [0.717, 1.165) is 25.9 Å². The van der Waals surface area contributed by atoms with Crippen LogP contribution in [0.5, 0.6) is 0 Å². The lowest BCUT2D eigenvalue weighted by atomic mass is 9.80. The van der Waals surface area contributed by atoms with Crippen molar-refractivity contribution in [2.24, 2.45) is 23.7 Å². The molecule has 3 aliphatic rings. The van der Waals surface area contributed by atoms with Crippen LogP contribution in [-0.2, 0) is 0 Å². The van der Waals surface area contributed by atoms with Gasteiger partial charge in [-0.15, -0.1) is 12.4 Å². The summed E-state index contributed by atoms with van der Waals surface area (Å²) in [6, 6.07) is 2.79. The molecule has 180 valence electrons. The van der Waals surface area contributed by atoms with Crippen LogP contribution in [0.3, 0.4) is 0 Å². The maximum absolute atomic E-state index is 15.4. The number of piperidine rings is 1. The minimum Gasteiger partial charge on any atom is -0.367 e. The highest BCUT2D eigenvalue weighted by Gasteiger charge is 2.50. The largest absolute Gasteiger partial charge is 0.367 e. The first kappa shape index (κ1) is 23.5. The third kappa shape index (κ3) is 3.95. The van der Waals surface area contributed by atoms with E-state index in [1.165, 1.54) is 29.4 Å². The summed E-state index contributed by atoms with van der Waals surface area (Å²) in [4.78, 5) is 8.33. The van der Waals surface area contributed by atoms with Crippen LogP contribution < -0.4 is 10.6 Å². The number of fused-ring (bicyclic) bond motifs is 2. The Kier molecular flexibility index (Phi) is 6.25. The van der Waals surface area contributed by atoms with Gasteiger partial charge in [-0.1, -0.05) is 30.2 Å². The third-order valence-electron chi connectivity index (χ3n) is 7.59. The maximum atomic E-state index is 15.4. The molecule has 1 saturated heterocycles. The van der Waals surface area contributed by atoms with Crippen LogP contribution in [0.2, 0.25) is 5.15 Å². The molecule has 1 aliphatic heterocycles. The molecule has 2 N–H and O–H groups in total. The van der Waals surface area contributed by atoms with Gasteiger partial charge in [-0.3, -0.25) is 0 Å². The number of rotatable bonds is 6. The standard InChI is InChI=1S/C24H25ClF2N6.ClH/c1-12(14-3-2-4-14)31-23-21(22(25)32-24-29-11-30-33(23)24)20-18(26)7-13(8-19(20)27)5-6-15-16-9-28-10-17(15)16;/h5-8,11-12,14-17,28,31H,2-4,9-10H2,1H3;1H/b6-5+;/t12-,15?,16-,17+;/m1./s1. The highest BCUT2D eigenvalue weighted by Crippen LogP contribution is 2.49. The lowest BCUT2D eigenvalue weighted by Crippen LogP contribution is -2.32. The third-order valence-corrected chi connectivity index (χ3v) is 7.86. The van der Waals surface area contributed by atoms with Gasteiger partial charge in [-0.25, -0.2) is 8.78 Å². The van der Waals surface area contributed by atoms with Gasteiger partial charge in [-0.05, 0) is 74.2 Å². The van der Waals surface area contributed by atoms with Gasteiger partial charge in [0.2, 0.25) is 0 Å². The van der Waals surface area contributed by atoms with Crippen LogP contribution >= 0.6 is 24.0 Å². The fraction of sp³-hybridized carbons (Fsp3) is 0.458. The number of nitrogens with zero attached hydrogens (tertiary/aromatic N) is 4. The number of hydrogen-bond acceptors (Lipinski definition) is 5. The molecule has 4 atom stereocenters. The molecule has 1 unspecified atom stereocenters. The van der Waals surface area contributed by atoms with E-state index in [0.29, 0.717) is 35.1 Å². The Hall–Kier alpha value is -2.29. The monoisotopic (exact) mass is 506 g/mol. The van der Waals surface area contributed by atoms with Crippen molar-refractivity contribution in [3.05, 3.63) is 46.9 Å². The minimum absolute atomic E-state index is 0. The van der Waals surface area contributed by atoms with Gasteiger partial charge in [0.15, 0.2) is 0 Å². The quantitative estimate of drug-likeness (QED) is 0.448. The normalized spacial score (nSPS) is 24.6. The number of anilines is 1. The highest BCUT2D eigenvalue weighted by molar-refractivity contribution is 6.33. The van der Waals surface area contributed by atoms with Gasteiger partial charge in [0, 0.05) is 6.04 Å². The molecule has 0 amide bonds. The molecule has 34 heavy (non-hydrogen) atoms. The van der Waals surface area contributed by atoms with E-state index in [2.05, 4.69) is 38.7 Å². The van der Waals surface area contributed by atoms with Crippen LogP contribution in [0.1, 0.15) is 31.7 Å². The fourth-order valence-electron chi connectivity index (χ4n) is 5.35. The van der Waals surface area contributed by atoms with Crippen LogP contribution in [0.25, 0.3) is 23.0 Å². The predicted octanol–water partition coefficient (Wildman–Crippen LogP) is 5.22. The molecular weight excluding hydrogens is 481 g/mol. The van der Waals surface area contributed by atoms with Gasteiger partial charge >= 0.3 is 0 Å². The van der Waals surface area contributed by atoms with E-state index in [-0.39, 0.29) is 40.5 Å². The number of allylic oxidation sites excluding steroid dienone is 1. The van der Waals surface area contributed by atoms with Crippen molar-refractivity contribution in [3.63, 3.8) is 0 Å². The predicted molar refractivity (Wildman–Crippen MR) is 131 cm³/mol. The first-order valence-corrected chi connectivity index (χ1v) is 11.9. The molecule has 0 spiro atoms. The Balaban J connectivity index is 0.00000241. The van der Waals surface area contributed by atoms with E-state index in [9.17, 15) is 0 Å². The maximum Gasteiger partial charge on any atom is 0.255 e. The number of hydrogen-bond donors (Lipinski definition) is 2. The lowest BCUT2D eigenvalue weighted by molar-refractivity contribution is 0.284. The van der Waals surface area contributed by atoms with Crippen LogP contribution in [-0.4, -0.2) is 38.7 Å². The highest BCUT2D eigenvalue weighted by atomic mass is 35.5. The van der Waals surface area contributed by atoms with Gasteiger partial charge in [0.05, 0.1) is 11.1 Å². The van der Waals surface area contributed by atoms with Crippen molar-refractivity contribution < 1.29 is 8.78 Å². The van der Waals surface area contributed by atoms with Crippen molar-refractivity contribution in [3.8, 4) is 11.1 Å². The Morgan fingerprint density at radius 3 is 2.53 bits per heavy atom. The molecule has 0 bridgehead atoms. The van der Waals surface area contributed by atoms with E-state index in [1.807, 2.05) is 6.08 Å². The Morgan fingerprint density at radius 1 is 1.18 bits per heavy atom. The summed E-state index contributed by atoms with van der Waals surface area (Å²) >= 11 is 6.47. The Morgan fingerprint density at radius 2 is 1.88 bits per heavy atom. The van der Waals surface area contributed by atoms with E-state index in [1.54, 1.807) is 0 Å². The van der Waals surface area contributed by atoms with E-state index < -0.39 is 11.6 Å². The van der Waals surface area contributed by atoms with Crippen molar-refractivity contribution in [1.82, 2.24) is 24.9 Å². The SMILES string of the molecule is C[C@@H](Nc1c(-c2c(F)cc(/C=C/C3[C@H]4CNC[C@@H]34)cc2F)c(Cl)nc2ncnn12)C1CCC1.Cl. The summed E-state index contributed by atoms with van der Waals surface area (Å²) in [5.41, 5.74) is 0.446. The van der Waals surface area contributed by atoms with Crippen molar-refractivity contribution >= 4 is 41.7 Å². The molecule has 2 saturated carbocycles. The summed E-state index contributed by atoms with van der Waals surface area (Å²) in [6.07, 6.45) is 8.67. The Bertz CT molecular complexity index is 1220. The number of benzene rings is 1. The zero-order chi connectivity index (χ0) is 22.7. The second kappa shape index (κ2) is 9.06. The molecule has 6 rings (SSSR count). The summed E-state index contributed by atoms with van der Waals surface area (Å²) in [6.45, 7) is 4.10. The molecule has 0 radical (unpaired) electrons. The van der Waals surface area contributed by atoms with Gasteiger partial charge < -0.3 is 10.6 Å². The second-order valence-corrected chi connectivity index (χ2v) is 9.86. The van der Waals surface area contributed by atoms with Crippen molar-refractivity contribution in [1.29, 1.82) is 0 Å². The molecule has 3 fully saturated rings. The van der Waals surface area contributed by atoms with E-state index >= 15 is 8.78 Å². The molecule has 2 aliphatic carbocycles. The van der Waals surface area contributed by atoms with E-state index in [4.69, 9.17) is 11.6 Å². The first-order valence-electron chi connectivity index (χ1n) is 11.6. The van der Waals surface area contributed by atoms with Gasteiger partial charge in [-0.2, -0.15) is 19.6 Å². The van der Waals surface area contributed by atoms with Gasteiger partial charge in [0.25, 0.3) is 5.78 Å². The number of halogens is 4. The summed E-state index contributed by atoms with van der Waals surface area (Å²) in [7, 11) is 0. The lowest BCUT2D eigenvalue weighted by Gasteiger charge is -2.33. The summed E-state index contributed by atoms with van der Waals surface area (Å²) in [5, 5.41) is 11.0. The summed E-state index contributed by atoms with van der Waals surface area (Å²) < 4.78 is 32.2. The average molecular weight is 507 g/mol. The molecule has 6 nitrogen and oxygen atoms in total. The smallest absolute Gasteiger partial charge is 0.255 e. The molecular formula is C24H26Cl2F2N6. The molecule has 2 aromatic heterocycles. The topological polar surface area (TPSA) is 67.1 Å². The molecule has 3 heterocycles. The fourth-order valence-corrected chi connectivity index (χ4v) is 5.61. The Labute approximate surface area is 207 Å². The molecule has 10 heteroatoms. The van der Waals surface area contributed by atoms with Crippen LogP contribution in [0, 0.1) is 35.3 Å². The zero-order valence-electron chi connectivity index (χ0n) is 18.6. The van der Waals surface area contributed by atoms with Crippen LogP contribution in [0.4, 0.5) is 14.6 Å². The molecule has 3 aromatic rings. The van der Waals surface area contributed by atoms with Crippen LogP contribution in [0.15, 0.2) is 24.5 Å². The summed E-state index contributed by atoms with van der Waals surface area (Å²) in [5.74, 6) is 1.60. The average Bonchev–Trinajstić information content (AvgIpc) is 3.09. The van der Waals surface area contributed by atoms with Gasteiger partial charge in [0.1, 0.15) is 28.9 Å². The van der Waals surface area contributed by atoms with Crippen molar-refractivity contribution in [2.75, 3.05) is 18.4 Å². The zero-order valence-corrected chi connectivity index (χ0v) is 20.2. The molecule has 1 aromatic carbocycles. The van der Waals surface area contributed by atoms with Crippen molar-refractivity contribution in [2.45, 2.75) is 32.2 Å². The second-order valence-electron chi connectivity index (χ2n) is 9.50. The minimum atomic E-state index is -0.685. The number of aromatic nitrogens is 4. The first-order chi connectivity index (χ1) is 16.0. The number of nitrogens with one attached hydrogen (secondary N) is 2.